The number of carbonyl (C=O) groups excluding carboxylic acids is 1. The highest BCUT2D eigenvalue weighted by Gasteiger charge is 2.34. The van der Waals surface area contributed by atoms with Crippen LogP contribution in [0, 0.1) is 11.8 Å². The smallest absolute Gasteiger partial charge is 0.164 e. The summed E-state index contributed by atoms with van der Waals surface area (Å²) in [6.45, 7) is 0. The molecule has 0 heterocycles. The van der Waals surface area contributed by atoms with E-state index < -0.39 is 0 Å². The molecule has 2 fully saturated rings. The van der Waals surface area contributed by atoms with Crippen LogP contribution >= 0.6 is 0 Å². The van der Waals surface area contributed by atoms with Crippen molar-refractivity contribution in [2.24, 2.45) is 11.8 Å². The molecule has 0 aromatic carbocycles. The predicted octanol–water partition coefficient (Wildman–Crippen LogP) is 3.34. The zero-order chi connectivity index (χ0) is 11.4. The van der Waals surface area contributed by atoms with Gasteiger partial charge < -0.3 is 4.74 Å². The van der Waals surface area contributed by atoms with Crippen LogP contribution in [0.25, 0.3) is 0 Å². The Kier molecular flexibility index (Phi) is 4.39. The summed E-state index contributed by atoms with van der Waals surface area (Å²) < 4.78 is 5.51. The summed E-state index contributed by atoms with van der Waals surface area (Å²) in [6, 6.07) is 0. The molecule has 0 aliphatic heterocycles. The van der Waals surface area contributed by atoms with Crippen LogP contribution in [0.4, 0.5) is 0 Å². The average molecular weight is 224 g/mol. The van der Waals surface area contributed by atoms with Gasteiger partial charge in [0, 0.05) is 13.0 Å². The van der Waals surface area contributed by atoms with Gasteiger partial charge in [0.05, 0.1) is 0 Å². The summed E-state index contributed by atoms with van der Waals surface area (Å²) in [5.74, 6) is 1.23. The van der Waals surface area contributed by atoms with Crippen molar-refractivity contribution in [3.8, 4) is 0 Å². The highest BCUT2D eigenvalue weighted by Crippen LogP contribution is 2.33. The molecule has 2 nitrogen and oxygen atoms in total. The maximum absolute atomic E-state index is 12.4. The lowest BCUT2D eigenvalue weighted by Gasteiger charge is -2.29. The molecule has 2 aliphatic carbocycles. The van der Waals surface area contributed by atoms with E-state index in [1.54, 1.807) is 7.11 Å². The second kappa shape index (κ2) is 5.81. The monoisotopic (exact) mass is 224 g/mol. The van der Waals surface area contributed by atoms with Crippen molar-refractivity contribution in [2.75, 3.05) is 7.11 Å². The minimum absolute atomic E-state index is 0.0941. The summed E-state index contributed by atoms with van der Waals surface area (Å²) in [6.07, 6.45) is 10.9. The van der Waals surface area contributed by atoms with Gasteiger partial charge in [-0.2, -0.15) is 0 Å². The molecule has 0 bridgehead atoms. The van der Waals surface area contributed by atoms with E-state index in [0.717, 1.165) is 12.8 Å². The molecule has 1 unspecified atom stereocenters. The lowest BCUT2D eigenvalue weighted by atomic mass is 9.81. The molecule has 0 radical (unpaired) electrons. The number of ether oxygens (including phenoxy) is 1. The fraction of sp³-hybridized carbons (Fsp3) is 0.929. The first-order valence-electron chi connectivity index (χ1n) is 6.89. The van der Waals surface area contributed by atoms with Crippen LogP contribution in [0.3, 0.4) is 0 Å². The molecule has 0 saturated heterocycles. The molecule has 0 aromatic rings. The quantitative estimate of drug-likeness (QED) is 0.732. The Bertz CT molecular complexity index is 225. The molecule has 0 amide bonds. The molecule has 16 heavy (non-hydrogen) atoms. The first kappa shape index (κ1) is 12.1. The van der Waals surface area contributed by atoms with Crippen LogP contribution in [0.1, 0.15) is 57.8 Å². The van der Waals surface area contributed by atoms with Crippen LogP contribution in [0.2, 0.25) is 0 Å². The number of hydrogen-bond donors (Lipinski definition) is 0. The van der Waals surface area contributed by atoms with Gasteiger partial charge in [0.2, 0.25) is 0 Å². The van der Waals surface area contributed by atoms with E-state index in [1.165, 1.54) is 44.9 Å². The van der Waals surface area contributed by atoms with Crippen LogP contribution in [-0.4, -0.2) is 19.0 Å². The molecule has 0 spiro atoms. The van der Waals surface area contributed by atoms with Gasteiger partial charge >= 0.3 is 0 Å². The maximum Gasteiger partial charge on any atom is 0.164 e. The van der Waals surface area contributed by atoms with Crippen molar-refractivity contribution in [1.82, 2.24) is 0 Å². The second-order valence-corrected chi connectivity index (χ2v) is 5.44. The van der Waals surface area contributed by atoms with E-state index in [9.17, 15) is 4.79 Å². The molecule has 0 aromatic heterocycles. The Hall–Kier alpha value is -0.370. The molecule has 2 heteroatoms. The first-order chi connectivity index (χ1) is 7.83. The molecule has 92 valence electrons. The third-order valence-corrected chi connectivity index (χ3v) is 4.37. The van der Waals surface area contributed by atoms with E-state index in [4.69, 9.17) is 4.74 Å². The molecule has 2 saturated carbocycles. The highest BCUT2D eigenvalue weighted by molar-refractivity contribution is 5.86. The van der Waals surface area contributed by atoms with E-state index in [0.29, 0.717) is 17.6 Å². The summed E-state index contributed by atoms with van der Waals surface area (Å²) in [7, 11) is 1.71. The van der Waals surface area contributed by atoms with Crippen molar-refractivity contribution in [2.45, 2.75) is 63.9 Å². The Labute approximate surface area is 98.7 Å². The fourth-order valence-electron chi connectivity index (χ4n) is 3.42. The second-order valence-electron chi connectivity index (χ2n) is 5.44. The summed E-state index contributed by atoms with van der Waals surface area (Å²) >= 11 is 0. The Morgan fingerprint density at radius 2 is 1.56 bits per heavy atom. The molecular formula is C14H24O2. The van der Waals surface area contributed by atoms with E-state index >= 15 is 0 Å². The number of carbonyl (C=O) groups is 1. The minimum Gasteiger partial charge on any atom is -0.373 e. The van der Waals surface area contributed by atoms with E-state index in [1.807, 2.05) is 0 Å². The van der Waals surface area contributed by atoms with Crippen LogP contribution < -0.4 is 0 Å². The SMILES string of the molecule is COC(C(=O)C1CCCC1)C1CCCCC1. The van der Waals surface area contributed by atoms with Crippen LogP contribution in [0.5, 0.6) is 0 Å². The lowest BCUT2D eigenvalue weighted by molar-refractivity contribution is -0.136. The van der Waals surface area contributed by atoms with Crippen LogP contribution in [0.15, 0.2) is 0 Å². The van der Waals surface area contributed by atoms with Gasteiger partial charge in [0.25, 0.3) is 0 Å². The third kappa shape index (κ3) is 2.65. The van der Waals surface area contributed by atoms with Crippen molar-refractivity contribution in [3.63, 3.8) is 0 Å². The van der Waals surface area contributed by atoms with Gasteiger partial charge in [0.1, 0.15) is 6.10 Å². The fourth-order valence-corrected chi connectivity index (χ4v) is 3.42. The normalized spacial score (nSPS) is 25.8. The van der Waals surface area contributed by atoms with Gasteiger partial charge in [-0.15, -0.1) is 0 Å². The van der Waals surface area contributed by atoms with Crippen molar-refractivity contribution in [3.05, 3.63) is 0 Å². The number of rotatable bonds is 4. The van der Waals surface area contributed by atoms with E-state index in [2.05, 4.69) is 0 Å². The van der Waals surface area contributed by atoms with E-state index in [-0.39, 0.29) is 6.10 Å². The van der Waals surface area contributed by atoms with Gasteiger partial charge in [-0.25, -0.2) is 0 Å². The van der Waals surface area contributed by atoms with Gasteiger partial charge in [-0.1, -0.05) is 32.1 Å². The number of ketones is 1. The molecule has 2 rings (SSSR count). The van der Waals surface area contributed by atoms with Crippen molar-refractivity contribution >= 4 is 5.78 Å². The Balaban J connectivity index is 1.94. The Morgan fingerprint density at radius 3 is 2.12 bits per heavy atom. The summed E-state index contributed by atoms with van der Waals surface area (Å²) in [5.41, 5.74) is 0. The molecule has 1 atom stereocenters. The zero-order valence-electron chi connectivity index (χ0n) is 10.4. The molecule has 0 N–H and O–H groups in total. The molecular weight excluding hydrogens is 200 g/mol. The third-order valence-electron chi connectivity index (χ3n) is 4.37. The average Bonchev–Trinajstić information content (AvgIpc) is 2.85. The molecule has 2 aliphatic rings. The van der Waals surface area contributed by atoms with Crippen molar-refractivity contribution in [1.29, 1.82) is 0 Å². The summed E-state index contributed by atoms with van der Waals surface area (Å²) in [5, 5.41) is 0. The first-order valence-corrected chi connectivity index (χ1v) is 6.89. The number of Topliss-reactive ketones (excluding diaryl/α,β-unsaturated/α-hetero) is 1. The standard InChI is InChI=1S/C14H24O2/c1-16-14(12-9-3-2-4-10-12)13(15)11-7-5-6-8-11/h11-12,14H,2-10H2,1H3. The largest absolute Gasteiger partial charge is 0.373 e. The summed E-state index contributed by atoms with van der Waals surface area (Å²) in [4.78, 5) is 12.4. The minimum atomic E-state index is -0.0941. The van der Waals surface area contributed by atoms with Crippen LogP contribution in [-0.2, 0) is 9.53 Å². The topological polar surface area (TPSA) is 26.3 Å². The van der Waals surface area contributed by atoms with Gasteiger partial charge in [-0.05, 0) is 31.6 Å². The lowest BCUT2D eigenvalue weighted by Crippen LogP contribution is -2.36. The maximum atomic E-state index is 12.4. The Morgan fingerprint density at radius 1 is 1.00 bits per heavy atom. The zero-order valence-corrected chi connectivity index (χ0v) is 10.4. The number of methoxy groups -OCH3 is 1. The van der Waals surface area contributed by atoms with Gasteiger partial charge in [-0.3, -0.25) is 4.79 Å². The number of hydrogen-bond acceptors (Lipinski definition) is 2. The van der Waals surface area contributed by atoms with Gasteiger partial charge in [0.15, 0.2) is 5.78 Å². The van der Waals surface area contributed by atoms with Crippen molar-refractivity contribution < 1.29 is 9.53 Å². The predicted molar refractivity (Wildman–Crippen MR) is 64.3 cm³/mol. The highest BCUT2D eigenvalue weighted by atomic mass is 16.5.